The predicted octanol–water partition coefficient (Wildman–Crippen LogP) is 1.02. The van der Waals surface area contributed by atoms with E-state index in [1.165, 1.54) is 0 Å². The van der Waals surface area contributed by atoms with E-state index in [2.05, 4.69) is 18.4 Å². The Bertz CT molecular complexity index is 633. The van der Waals surface area contributed by atoms with Crippen molar-refractivity contribution in [3.8, 4) is 0 Å². The average Bonchev–Trinajstić information content (AvgIpc) is 2.72. The molecule has 0 amide bonds. The summed E-state index contributed by atoms with van der Waals surface area (Å²) >= 11 is 0.133. The third-order valence-corrected chi connectivity index (χ3v) is 3.84. The molecule has 3 heterocycles. The van der Waals surface area contributed by atoms with Gasteiger partial charge < -0.3 is 0 Å². The zero-order valence-electron chi connectivity index (χ0n) is 8.32. The number of hydrogen-bond acceptors (Lipinski definition) is 3. The van der Waals surface area contributed by atoms with Crippen molar-refractivity contribution in [2.45, 2.75) is 0 Å². The molecule has 0 spiro atoms. The first-order valence-corrected chi connectivity index (χ1v) is 6.44. The molecular weight excluding hydrogens is 267 g/mol. The summed E-state index contributed by atoms with van der Waals surface area (Å²) in [4.78, 5) is 13.0. The molecule has 0 radical (unpaired) electrons. The van der Waals surface area contributed by atoms with Gasteiger partial charge in [-0.3, -0.25) is 0 Å². The standard InChI is InChI=1S/C11H8N4Se/c1-3-7-12-9(5-1)13-11-14-10-6-2-4-8-15(10)16-11/h1-8H/b13-11-. The van der Waals surface area contributed by atoms with Gasteiger partial charge in [0.2, 0.25) is 0 Å². The van der Waals surface area contributed by atoms with Crippen molar-refractivity contribution in [1.29, 1.82) is 0 Å². The van der Waals surface area contributed by atoms with Gasteiger partial charge in [0.05, 0.1) is 0 Å². The first-order valence-electron chi connectivity index (χ1n) is 4.82. The molecule has 5 heteroatoms. The van der Waals surface area contributed by atoms with Crippen LogP contribution in [0.15, 0.2) is 53.8 Å². The van der Waals surface area contributed by atoms with Crippen molar-refractivity contribution in [3.63, 3.8) is 0 Å². The van der Waals surface area contributed by atoms with Crippen LogP contribution in [-0.4, -0.2) is 28.1 Å². The minimum atomic E-state index is 0.133. The van der Waals surface area contributed by atoms with Crippen molar-refractivity contribution in [1.82, 2.24) is 13.4 Å². The molecule has 0 aromatic carbocycles. The number of hydrogen-bond donors (Lipinski definition) is 0. The second-order valence-corrected chi connectivity index (χ2v) is 5.14. The number of aromatic nitrogens is 3. The van der Waals surface area contributed by atoms with E-state index in [1.54, 1.807) is 6.20 Å². The molecule has 0 aliphatic carbocycles. The fraction of sp³-hybridized carbons (Fsp3) is 0. The quantitative estimate of drug-likeness (QED) is 0.622. The molecule has 0 aliphatic rings. The van der Waals surface area contributed by atoms with E-state index in [4.69, 9.17) is 0 Å². The molecule has 0 saturated heterocycles. The first kappa shape index (κ1) is 9.51. The Morgan fingerprint density at radius 3 is 2.88 bits per heavy atom. The van der Waals surface area contributed by atoms with E-state index in [0.29, 0.717) is 0 Å². The topological polar surface area (TPSA) is 42.5 Å². The zero-order chi connectivity index (χ0) is 10.8. The molecule has 0 atom stereocenters. The maximum absolute atomic E-state index is 4.45. The predicted molar refractivity (Wildman–Crippen MR) is 61.6 cm³/mol. The van der Waals surface area contributed by atoms with Crippen LogP contribution in [-0.2, 0) is 0 Å². The monoisotopic (exact) mass is 276 g/mol. The van der Waals surface area contributed by atoms with Crippen LogP contribution in [0.25, 0.3) is 5.65 Å². The van der Waals surface area contributed by atoms with Gasteiger partial charge in [-0.1, -0.05) is 0 Å². The summed E-state index contributed by atoms with van der Waals surface area (Å²) in [6.45, 7) is 0. The fourth-order valence-corrected chi connectivity index (χ4v) is 2.97. The van der Waals surface area contributed by atoms with Gasteiger partial charge in [0.25, 0.3) is 0 Å². The molecule has 16 heavy (non-hydrogen) atoms. The Labute approximate surface area is 97.9 Å². The van der Waals surface area contributed by atoms with Gasteiger partial charge >= 0.3 is 97.7 Å². The third-order valence-electron chi connectivity index (χ3n) is 2.05. The van der Waals surface area contributed by atoms with Crippen LogP contribution in [0.5, 0.6) is 0 Å². The van der Waals surface area contributed by atoms with Gasteiger partial charge in [0, 0.05) is 0 Å². The van der Waals surface area contributed by atoms with E-state index in [0.717, 1.165) is 15.8 Å². The van der Waals surface area contributed by atoms with Crippen molar-refractivity contribution in [2.24, 2.45) is 4.99 Å². The van der Waals surface area contributed by atoms with E-state index in [-0.39, 0.29) is 14.7 Å². The molecule has 3 aromatic rings. The van der Waals surface area contributed by atoms with Crippen molar-refractivity contribution >= 4 is 26.2 Å². The Morgan fingerprint density at radius 2 is 2.06 bits per heavy atom. The first-order chi connectivity index (χ1) is 7.92. The Kier molecular flexibility index (Phi) is 2.40. The van der Waals surface area contributed by atoms with Crippen LogP contribution in [0.2, 0.25) is 0 Å². The summed E-state index contributed by atoms with van der Waals surface area (Å²) in [6, 6.07) is 11.7. The second kappa shape index (κ2) is 4.04. The van der Waals surface area contributed by atoms with Gasteiger partial charge in [-0.15, -0.1) is 0 Å². The number of rotatable bonds is 1. The van der Waals surface area contributed by atoms with Crippen LogP contribution < -0.4 is 4.36 Å². The Balaban J connectivity index is 2.16. The third kappa shape index (κ3) is 1.83. The van der Waals surface area contributed by atoms with E-state index in [9.17, 15) is 0 Å². The Hall–Kier alpha value is -1.71. The van der Waals surface area contributed by atoms with Gasteiger partial charge in [-0.05, 0) is 0 Å². The molecule has 0 N–H and O–H groups in total. The molecule has 3 rings (SSSR count). The maximum atomic E-state index is 4.45. The van der Waals surface area contributed by atoms with Crippen LogP contribution >= 0.6 is 0 Å². The summed E-state index contributed by atoms with van der Waals surface area (Å²) in [5.41, 5.74) is 0.970. The van der Waals surface area contributed by atoms with Gasteiger partial charge in [-0.2, -0.15) is 0 Å². The molecule has 0 aliphatic heterocycles. The van der Waals surface area contributed by atoms with Crippen LogP contribution in [0.4, 0.5) is 5.82 Å². The van der Waals surface area contributed by atoms with E-state index >= 15 is 0 Å². The summed E-state index contributed by atoms with van der Waals surface area (Å²) in [5.74, 6) is 0.719. The van der Waals surface area contributed by atoms with Gasteiger partial charge in [0.1, 0.15) is 0 Å². The SMILES string of the molecule is c1ccc(/N=c2/nc3ccccn3[se]2)nc1. The molecule has 0 unspecified atom stereocenters. The summed E-state index contributed by atoms with van der Waals surface area (Å²) in [7, 11) is 0. The minimum absolute atomic E-state index is 0.133. The Morgan fingerprint density at radius 1 is 1.12 bits per heavy atom. The molecule has 0 fully saturated rings. The molecule has 0 saturated carbocycles. The fourth-order valence-electron chi connectivity index (χ4n) is 1.35. The molecule has 0 bridgehead atoms. The number of fused-ring (bicyclic) bond motifs is 1. The summed E-state index contributed by atoms with van der Waals surface area (Å²) in [6.07, 6.45) is 3.77. The normalized spacial score (nSPS) is 12.1. The number of pyridine rings is 2. The van der Waals surface area contributed by atoms with Crippen LogP contribution in [0, 0.1) is 0 Å². The zero-order valence-corrected chi connectivity index (χ0v) is 10.0. The van der Waals surface area contributed by atoms with Crippen LogP contribution in [0.3, 0.4) is 0 Å². The van der Waals surface area contributed by atoms with Crippen molar-refractivity contribution in [2.75, 3.05) is 0 Å². The van der Waals surface area contributed by atoms with E-state index in [1.807, 2.05) is 42.6 Å². The average molecular weight is 275 g/mol. The molecule has 3 aromatic heterocycles. The molecular formula is C11H8N4Se. The second-order valence-electron chi connectivity index (χ2n) is 3.17. The molecule has 4 nitrogen and oxygen atoms in total. The van der Waals surface area contributed by atoms with Crippen LogP contribution in [0.1, 0.15) is 0 Å². The molecule has 78 valence electrons. The number of nitrogens with zero attached hydrogens (tertiary/aromatic N) is 4. The van der Waals surface area contributed by atoms with Crippen molar-refractivity contribution in [3.05, 3.63) is 53.2 Å². The van der Waals surface area contributed by atoms with Gasteiger partial charge in [0.15, 0.2) is 0 Å². The summed E-state index contributed by atoms with van der Waals surface area (Å²) < 4.78 is 2.98. The van der Waals surface area contributed by atoms with E-state index < -0.39 is 0 Å². The van der Waals surface area contributed by atoms with Gasteiger partial charge in [-0.25, -0.2) is 0 Å². The van der Waals surface area contributed by atoms with Crippen molar-refractivity contribution < 1.29 is 0 Å². The summed E-state index contributed by atoms with van der Waals surface area (Å²) in [5, 5.41) is 0.